The van der Waals surface area contributed by atoms with Crippen molar-refractivity contribution in [2.75, 3.05) is 41.3 Å². The minimum Gasteiger partial charge on any atom is -0.368 e. The number of nitro groups is 1. The lowest BCUT2D eigenvalue weighted by Gasteiger charge is -2.38. The number of anilines is 3. The average Bonchev–Trinajstić information content (AvgIpc) is 2.83. The van der Waals surface area contributed by atoms with Gasteiger partial charge in [-0.15, -0.1) is 0 Å². The monoisotopic (exact) mass is 486 g/mol. The zero-order valence-corrected chi connectivity index (χ0v) is 19.0. The summed E-state index contributed by atoms with van der Waals surface area (Å²) in [4.78, 5) is 27.9. The number of hydrogen-bond acceptors (Lipinski definition) is 5. The lowest BCUT2D eigenvalue weighted by Crippen LogP contribution is -2.46. The van der Waals surface area contributed by atoms with Crippen LogP contribution in [0.5, 0.6) is 0 Å². The fourth-order valence-corrected chi connectivity index (χ4v) is 4.14. The van der Waals surface area contributed by atoms with E-state index < -0.39 is 16.6 Å². The molecule has 1 amide bonds. The van der Waals surface area contributed by atoms with Gasteiger partial charge in [-0.2, -0.15) is 0 Å². The predicted octanol–water partition coefficient (Wildman–Crippen LogP) is 5.41. The summed E-state index contributed by atoms with van der Waals surface area (Å²) < 4.78 is 27.0. The Morgan fingerprint density at radius 3 is 2.29 bits per heavy atom. The smallest absolute Gasteiger partial charge is 0.271 e. The van der Waals surface area contributed by atoms with Gasteiger partial charge in [-0.05, 0) is 49.4 Å². The standard InChI is InChI=1S/C24H21ClF2N4O3/c1-15-20(27)8-7-19(23(15)25)24(32)28-21-14-18(31(33)34)6-9-22(21)30-12-10-29(11-13-30)17-4-2-16(26)3-5-17/h2-9,14H,10-13H2,1H3,(H,28,32). The van der Waals surface area contributed by atoms with E-state index in [0.717, 1.165) is 11.8 Å². The number of halogens is 3. The van der Waals surface area contributed by atoms with Gasteiger partial charge in [0.15, 0.2) is 0 Å². The van der Waals surface area contributed by atoms with E-state index in [2.05, 4.69) is 10.2 Å². The summed E-state index contributed by atoms with van der Waals surface area (Å²) in [7, 11) is 0. The Labute approximate surface area is 199 Å². The van der Waals surface area contributed by atoms with Gasteiger partial charge in [-0.1, -0.05) is 11.6 Å². The molecule has 1 heterocycles. The van der Waals surface area contributed by atoms with Gasteiger partial charge in [0.2, 0.25) is 0 Å². The summed E-state index contributed by atoms with van der Waals surface area (Å²) in [5.74, 6) is -1.43. The zero-order valence-electron chi connectivity index (χ0n) is 18.2. The normalized spacial score (nSPS) is 13.6. The van der Waals surface area contributed by atoms with Crippen molar-refractivity contribution in [3.63, 3.8) is 0 Å². The maximum atomic E-state index is 13.8. The van der Waals surface area contributed by atoms with Crippen LogP contribution in [-0.4, -0.2) is 37.0 Å². The van der Waals surface area contributed by atoms with Crippen LogP contribution in [0.25, 0.3) is 0 Å². The van der Waals surface area contributed by atoms with E-state index in [1.165, 1.54) is 37.3 Å². The Kier molecular flexibility index (Phi) is 6.65. The Hall–Kier alpha value is -3.72. The van der Waals surface area contributed by atoms with E-state index in [9.17, 15) is 23.7 Å². The quantitative estimate of drug-likeness (QED) is 0.385. The summed E-state index contributed by atoms with van der Waals surface area (Å²) >= 11 is 6.17. The number of benzene rings is 3. The van der Waals surface area contributed by atoms with Gasteiger partial charge in [0.1, 0.15) is 11.6 Å². The SMILES string of the molecule is Cc1c(F)ccc(C(=O)Nc2cc([N+](=O)[O-])ccc2N2CCN(c3ccc(F)cc3)CC2)c1Cl. The molecule has 3 aromatic rings. The lowest BCUT2D eigenvalue weighted by molar-refractivity contribution is -0.384. The van der Waals surface area contributed by atoms with Crippen molar-refractivity contribution in [3.05, 3.63) is 92.5 Å². The van der Waals surface area contributed by atoms with Crippen LogP contribution in [0, 0.1) is 28.7 Å². The number of carbonyl (C=O) groups is 1. The van der Waals surface area contributed by atoms with Crippen LogP contribution >= 0.6 is 11.6 Å². The van der Waals surface area contributed by atoms with E-state index in [4.69, 9.17) is 11.6 Å². The number of non-ortho nitro benzene ring substituents is 1. The predicted molar refractivity (Wildman–Crippen MR) is 128 cm³/mol. The average molecular weight is 487 g/mol. The highest BCUT2D eigenvalue weighted by atomic mass is 35.5. The Balaban J connectivity index is 1.58. The molecule has 0 aliphatic carbocycles. The minimum atomic E-state index is -0.597. The number of nitro benzene ring substituents is 1. The topological polar surface area (TPSA) is 78.7 Å². The van der Waals surface area contributed by atoms with E-state index >= 15 is 0 Å². The van der Waals surface area contributed by atoms with Gasteiger partial charge in [-0.3, -0.25) is 14.9 Å². The summed E-state index contributed by atoms with van der Waals surface area (Å²) in [5, 5.41) is 14.0. The van der Waals surface area contributed by atoms with Crippen LogP contribution in [0.15, 0.2) is 54.6 Å². The number of piperazine rings is 1. The fraction of sp³-hybridized carbons (Fsp3) is 0.208. The summed E-state index contributed by atoms with van der Waals surface area (Å²) in [6, 6.07) is 13.0. The zero-order chi connectivity index (χ0) is 24.4. The molecule has 0 unspecified atom stereocenters. The van der Waals surface area contributed by atoms with Crippen molar-refractivity contribution in [2.24, 2.45) is 0 Å². The molecule has 0 atom stereocenters. The molecule has 0 spiro atoms. The van der Waals surface area contributed by atoms with Crippen molar-refractivity contribution in [1.82, 2.24) is 0 Å². The molecule has 0 bridgehead atoms. The second-order valence-corrected chi connectivity index (χ2v) is 8.28. The van der Waals surface area contributed by atoms with Gasteiger partial charge in [0.25, 0.3) is 11.6 Å². The van der Waals surface area contributed by atoms with Gasteiger partial charge in [0.05, 0.1) is 26.9 Å². The molecule has 1 N–H and O–H groups in total. The molecule has 10 heteroatoms. The molecule has 0 saturated carbocycles. The van der Waals surface area contributed by atoms with Gasteiger partial charge in [-0.25, -0.2) is 8.78 Å². The highest BCUT2D eigenvalue weighted by Gasteiger charge is 2.23. The first-order valence-corrected chi connectivity index (χ1v) is 10.9. The van der Waals surface area contributed by atoms with E-state index in [1.807, 2.05) is 4.90 Å². The number of amides is 1. The van der Waals surface area contributed by atoms with Gasteiger partial charge < -0.3 is 15.1 Å². The molecule has 4 rings (SSSR count). The van der Waals surface area contributed by atoms with E-state index in [-0.39, 0.29) is 33.3 Å². The molecule has 3 aromatic carbocycles. The summed E-state index contributed by atoms with van der Waals surface area (Å²) in [6.45, 7) is 3.90. The van der Waals surface area contributed by atoms with Crippen molar-refractivity contribution in [2.45, 2.75) is 6.92 Å². The molecule has 1 aliphatic rings. The van der Waals surface area contributed by atoms with Crippen LogP contribution in [0.2, 0.25) is 5.02 Å². The number of nitrogens with one attached hydrogen (secondary N) is 1. The van der Waals surface area contributed by atoms with Gasteiger partial charge >= 0.3 is 0 Å². The van der Waals surface area contributed by atoms with Crippen LogP contribution < -0.4 is 15.1 Å². The molecule has 1 aliphatic heterocycles. The number of nitrogens with zero attached hydrogens (tertiary/aromatic N) is 3. The molecular weight excluding hydrogens is 466 g/mol. The third-order valence-electron chi connectivity index (χ3n) is 5.82. The second-order valence-electron chi connectivity index (χ2n) is 7.90. The first-order valence-electron chi connectivity index (χ1n) is 10.5. The highest BCUT2D eigenvalue weighted by molar-refractivity contribution is 6.35. The van der Waals surface area contributed by atoms with Crippen LogP contribution in [0.3, 0.4) is 0 Å². The Morgan fingerprint density at radius 2 is 1.65 bits per heavy atom. The van der Waals surface area contributed by atoms with Crippen LogP contribution in [-0.2, 0) is 0 Å². The molecule has 1 fully saturated rings. The van der Waals surface area contributed by atoms with Gasteiger partial charge in [0, 0.05) is 49.6 Å². The van der Waals surface area contributed by atoms with Crippen LogP contribution in [0.4, 0.5) is 31.5 Å². The van der Waals surface area contributed by atoms with E-state index in [0.29, 0.717) is 31.9 Å². The first-order chi connectivity index (χ1) is 16.2. The van der Waals surface area contributed by atoms with Crippen molar-refractivity contribution >= 4 is 40.3 Å². The van der Waals surface area contributed by atoms with Crippen molar-refractivity contribution < 1.29 is 18.5 Å². The summed E-state index contributed by atoms with van der Waals surface area (Å²) in [5.41, 5.74) is 1.81. The third-order valence-corrected chi connectivity index (χ3v) is 6.30. The molecule has 176 valence electrons. The molecule has 34 heavy (non-hydrogen) atoms. The fourth-order valence-electron chi connectivity index (χ4n) is 3.90. The number of rotatable bonds is 5. The Morgan fingerprint density at radius 1 is 1.00 bits per heavy atom. The molecule has 1 saturated heterocycles. The lowest BCUT2D eigenvalue weighted by atomic mass is 10.1. The Bertz CT molecular complexity index is 1250. The molecule has 0 radical (unpaired) electrons. The maximum Gasteiger partial charge on any atom is 0.271 e. The first kappa shape index (κ1) is 23.4. The highest BCUT2D eigenvalue weighted by Crippen LogP contribution is 2.33. The van der Waals surface area contributed by atoms with Crippen LogP contribution in [0.1, 0.15) is 15.9 Å². The summed E-state index contributed by atoms with van der Waals surface area (Å²) in [6.07, 6.45) is 0. The second kappa shape index (κ2) is 9.64. The minimum absolute atomic E-state index is 0.0163. The number of hydrogen-bond donors (Lipinski definition) is 1. The van der Waals surface area contributed by atoms with E-state index in [1.54, 1.807) is 18.2 Å². The number of carbonyl (C=O) groups excluding carboxylic acids is 1. The third kappa shape index (κ3) is 4.79. The van der Waals surface area contributed by atoms with Crippen molar-refractivity contribution in [3.8, 4) is 0 Å². The van der Waals surface area contributed by atoms with Crippen molar-refractivity contribution in [1.29, 1.82) is 0 Å². The molecule has 7 nitrogen and oxygen atoms in total. The largest absolute Gasteiger partial charge is 0.368 e. The molecule has 0 aromatic heterocycles. The molecular formula is C24H21ClF2N4O3. The maximum absolute atomic E-state index is 13.8.